The lowest BCUT2D eigenvalue weighted by Gasteiger charge is -2.32. The van der Waals surface area contributed by atoms with Crippen molar-refractivity contribution in [2.75, 3.05) is 53.2 Å². The number of aromatic nitrogens is 16. The van der Waals surface area contributed by atoms with E-state index in [1.807, 2.05) is 54.0 Å². The van der Waals surface area contributed by atoms with E-state index >= 15 is 0 Å². The molecule has 0 atom stereocenters. The molecule has 17 aromatic rings. The highest BCUT2D eigenvalue weighted by Gasteiger charge is 2.33. The Morgan fingerprint density at radius 3 is 1.19 bits per heavy atom. The predicted molar refractivity (Wildman–Crippen MR) is 535 cm³/mol. The molecule has 0 aliphatic carbocycles. The molecule has 756 valence electrons. The molecule has 0 N–H and O–H groups in total. The lowest BCUT2D eigenvalue weighted by Crippen LogP contribution is -2.43. The summed E-state index contributed by atoms with van der Waals surface area (Å²) in [4.78, 5) is 113. The van der Waals surface area contributed by atoms with Crippen LogP contribution in [-0.2, 0) is 76.0 Å². The number of ether oxygens (including phenoxy) is 4. The summed E-state index contributed by atoms with van der Waals surface area (Å²) in [6.07, 6.45) is 5.60. The van der Waals surface area contributed by atoms with Gasteiger partial charge in [0.15, 0.2) is 58.1 Å². The number of thiophene rings is 1. The van der Waals surface area contributed by atoms with Crippen molar-refractivity contribution in [2.45, 2.75) is 110 Å². The molecule has 0 bridgehead atoms. The molecule has 10 aromatic carbocycles. The van der Waals surface area contributed by atoms with E-state index < -0.39 is 5.97 Å². The fourth-order valence-electron chi connectivity index (χ4n) is 17.7. The first-order valence-electron chi connectivity index (χ1n) is 48.0. The predicted octanol–water partition coefficient (Wildman–Crippen LogP) is 18.4. The molecular weight excluding hydrogens is 1950 g/mol. The minimum Gasteiger partial charge on any atom is -0.490 e. The molecule has 2 saturated heterocycles. The lowest BCUT2D eigenvalue weighted by atomic mass is 9.97. The minimum absolute atomic E-state index is 0.0225. The Morgan fingerprint density at radius 1 is 0.396 bits per heavy atom. The second-order valence-corrected chi connectivity index (χ2v) is 36.9. The molecule has 149 heavy (non-hydrogen) atoms. The number of piperidine rings is 2. The van der Waals surface area contributed by atoms with Crippen LogP contribution in [0.15, 0.2) is 271 Å². The SMILES string of the molecule is CC(C)c1ncc2c(n1)CCN(C(=O)Cn1nc(-c3ccc(F)cc3)nc1-c1ccc(F)cc1)C2.COC(=O)c1ccc2c(c1)CCN(C(=O)Cn1nc(-c3ccc(F)cc3)nc1-c1ccc(F)cc1)C2.O=C(Cn1nc(-c2ccc(F)cc2)nc1-c1ccc(F)cc1)N1CCC(Oc2ccc3c(c2)OCO3)CC1.O=C(Cn1nc(-c2ccc(F)cc2)nc1-c1ccc(F)cc1)N1CCC(n2nc(-c3cccs3)ccc2=O)CC1. The minimum atomic E-state index is -0.396. The van der Waals surface area contributed by atoms with Crippen LogP contribution in [0.5, 0.6) is 17.2 Å². The van der Waals surface area contributed by atoms with E-state index in [-0.39, 0.29) is 127 Å². The number of rotatable bonds is 22. The van der Waals surface area contributed by atoms with Gasteiger partial charge < -0.3 is 38.5 Å². The van der Waals surface area contributed by atoms with Crippen LogP contribution >= 0.6 is 11.3 Å². The molecule has 0 spiro atoms. The largest absolute Gasteiger partial charge is 0.490 e. The fourth-order valence-corrected chi connectivity index (χ4v) is 18.3. The first kappa shape index (κ1) is 100. The molecule has 5 aliphatic rings. The highest BCUT2D eigenvalue weighted by Crippen LogP contribution is 2.38. The zero-order chi connectivity index (χ0) is 103. The van der Waals surface area contributed by atoms with Crippen molar-refractivity contribution in [2.24, 2.45) is 0 Å². The number of carbonyl (C=O) groups excluding carboxylic acids is 5. The van der Waals surface area contributed by atoms with Crippen molar-refractivity contribution < 1.29 is 78.0 Å². The monoisotopic (exact) mass is 2040 g/mol. The van der Waals surface area contributed by atoms with Gasteiger partial charge in [-0.25, -0.2) is 93.2 Å². The summed E-state index contributed by atoms with van der Waals surface area (Å²) >= 11 is 1.56. The number of likely N-dealkylation sites (tertiary alicyclic amines) is 2. The summed E-state index contributed by atoms with van der Waals surface area (Å²) in [6, 6.07) is 64.4. The molecule has 22 rings (SSSR count). The van der Waals surface area contributed by atoms with Crippen molar-refractivity contribution in [1.29, 1.82) is 0 Å². The number of esters is 1. The summed E-state index contributed by atoms with van der Waals surface area (Å²) in [6.45, 7) is 7.97. The number of nitrogens with zero attached hydrogens (tertiary/aromatic N) is 20. The molecule has 39 heteroatoms. The van der Waals surface area contributed by atoms with Crippen LogP contribution in [0.3, 0.4) is 0 Å². The van der Waals surface area contributed by atoms with Crippen molar-refractivity contribution in [3.05, 3.63) is 357 Å². The molecule has 0 saturated carbocycles. The Kier molecular flexibility index (Phi) is 30.3. The number of fused-ring (bicyclic) bond motifs is 3. The zero-order valence-electron chi connectivity index (χ0n) is 80.5. The van der Waals surface area contributed by atoms with Crippen LogP contribution in [0.2, 0.25) is 0 Å². The van der Waals surface area contributed by atoms with Crippen molar-refractivity contribution in [1.82, 2.24) is 98.4 Å². The van der Waals surface area contributed by atoms with Crippen LogP contribution in [-0.4, -0.2) is 187 Å². The summed E-state index contributed by atoms with van der Waals surface area (Å²) in [5, 5.41) is 24.7. The van der Waals surface area contributed by atoms with E-state index in [0.717, 1.165) is 38.8 Å². The number of carbonyl (C=O) groups is 5. The first-order chi connectivity index (χ1) is 72.2. The van der Waals surface area contributed by atoms with Gasteiger partial charge in [0.2, 0.25) is 30.4 Å². The summed E-state index contributed by atoms with van der Waals surface area (Å²) < 4.78 is 137. The highest BCUT2D eigenvalue weighted by molar-refractivity contribution is 7.13. The summed E-state index contributed by atoms with van der Waals surface area (Å²) in [5.74, 6) is 2.24. The first-order valence-corrected chi connectivity index (χ1v) is 48.9. The van der Waals surface area contributed by atoms with E-state index in [1.54, 1.807) is 146 Å². The van der Waals surface area contributed by atoms with E-state index in [2.05, 4.69) is 69.2 Å². The van der Waals surface area contributed by atoms with Gasteiger partial charge in [0.1, 0.15) is 96.1 Å². The van der Waals surface area contributed by atoms with E-state index in [9.17, 15) is 63.9 Å². The number of methoxy groups -OCH3 is 1. The Balaban J connectivity index is 0.000000125. The third kappa shape index (κ3) is 24.1. The Labute approximate surface area is 851 Å². The topological polar surface area (TPSA) is 319 Å². The number of amides is 4. The summed E-state index contributed by atoms with van der Waals surface area (Å²) in [7, 11) is 1.34. The normalized spacial score (nSPS) is 13.8. The molecule has 0 radical (unpaired) electrons. The Bertz CT molecular complexity index is 7760. The Morgan fingerprint density at radius 2 is 0.785 bits per heavy atom. The van der Waals surface area contributed by atoms with Crippen LogP contribution in [0.1, 0.15) is 90.1 Å². The third-order valence-electron chi connectivity index (χ3n) is 25.7. The standard InChI is InChI=1S/C29H24F2N6O2S.C28H24F2N4O4.C27H22F2N4O3.C26H24F2N6O/c30-21-7-3-19(4-8-21)28-32-29(20-5-9-22(31)10-6-20)36(34-28)18-27(39)35-15-13-23(14-16-35)37-26(38)12-11-24(33-37)25-2-1-17-40-25;29-20-5-1-18(2-6-20)27-31-28(19-3-7-21(30)8-4-19)34(32-27)16-26(35)33-13-11-22(12-14-33)38-23-9-10-24-25(15-23)37-17-36-24;1-36-27(35)20-2-3-21-15-32(13-12-19(21)14-20)24(34)16-33-26(18-6-10-23(29)11-7-18)30-25(31-33)17-4-8-22(28)9-5-17;1-16(2)24-29-13-19-14-33(12-11-22(19)30-24)23(35)15-34-26(18-5-9-21(28)10-6-18)31-25(32-34)17-3-7-20(27)8-4-17/h1-12,17,23H,13-16,18H2;1-10,15,22H,11-14,16-17H2;2-11,14H,12-13,15-16H2,1H3;3-10,13,16H,11-12,14-15H2,1-2H3. The van der Waals surface area contributed by atoms with Gasteiger partial charge in [-0.05, 0) is 266 Å². The highest BCUT2D eigenvalue weighted by atomic mass is 32.1. The van der Waals surface area contributed by atoms with Crippen LogP contribution in [0, 0.1) is 46.5 Å². The lowest BCUT2D eigenvalue weighted by molar-refractivity contribution is -0.134. The molecule has 0 unspecified atom stereocenters. The number of halogens is 8. The Hall–Kier alpha value is -17.4. The zero-order valence-corrected chi connectivity index (χ0v) is 81.3. The van der Waals surface area contributed by atoms with Crippen molar-refractivity contribution in [3.63, 3.8) is 0 Å². The fraction of sp³-hybridized carbons (Fsp3) is 0.227. The molecule has 5 aliphatic heterocycles. The molecular formula is C110H94F8N20O10S. The van der Waals surface area contributed by atoms with Gasteiger partial charge in [0.25, 0.3) is 5.56 Å². The third-order valence-corrected chi connectivity index (χ3v) is 26.6. The van der Waals surface area contributed by atoms with Gasteiger partial charge in [0.05, 0.1) is 29.3 Å². The van der Waals surface area contributed by atoms with Gasteiger partial charge in [0, 0.05) is 146 Å². The second kappa shape index (κ2) is 45.1. The van der Waals surface area contributed by atoms with E-state index in [1.165, 1.54) is 128 Å². The molecule has 2 fully saturated rings. The quantitative estimate of drug-likeness (QED) is 0.0449. The van der Waals surface area contributed by atoms with Gasteiger partial charge >= 0.3 is 5.97 Å². The average Bonchev–Trinajstić information content (AvgIpc) is 1.60. The van der Waals surface area contributed by atoms with Crippen LogP contribution < -0.4 is 19.8 Å². The number of hydrogen-bond donors (Lipinski definition) is 0. The molecule has 12 heterocycles. The second-order valence-electron chi connectivity index (χ2n) is 36.0. The van der Waals surface area contributed by atoms with Gasteiger partial charge in [-0.15, -0.1) is 31.7 Å². The average molecular weight is 2040 g/mol. The maximum Gasteiger partial charge on any atom is 0.337 e. The van der Waals surface area contributed by atoms with E-state index in [4.69, 9.17) is 18.9 Å². The van der Waals surface area contributed by atoms with Crippen LogP contribution in [0.25, 0.3) is 102 Å². The maximum atomic E-state index is 13.6. The number of hydrogen-bond acceptors (Lipinski definition) is 22. The molecule has 4 amide bonds. The van der Waals surface area contributed by atoms with Gasteiger partial charge in [-0.2, -0.15) is 5.10 Å². The van der Waals surface area contributed by atoms with E-state index in [0.29, 0.717) is 205 Å². The van der Waals surface area contributed by atoms with Crippen molar-refractivity contribution >= 4 is 40.9 Å². The van der Waals surface area contributed by atoms with Crippen LogP contribution in [0.4, 0.5) is 35.1 Å². The van der Waals surface area contributed by atoms with Gasteiger partial charge in [-0.1, -0.05) is 26.0 Å². The summed E-state index contributed by atoms with van der Waals surface area (Å²) in [5.41, 5.74) is 9.85. The number of benzene rings is 10. The maximum absolute atomic E-state index is 13.6. The molecule has 30 nitrogen and oxygen atoms in total. The molecule has 7 aromatic heterocycles. The van der Waals surface area contributed by atoms with Crippen molar-refractivity contribution in [3.8, 4) is 119 Å². The van der Waals surface area contributed by atoms with Gasteiger partial charge in [-0.3, -0.25) is 24.0 Å². The smallest absolute Gasteiger partial charge is 0.337 e.